The number of hydrogen-bond donors (Lipinski definition) is 1. The van der Waals surface area contributed by atoms with Crippen LogP contribution in [0.3, 0.4) is 0 Å². The molecule has 2 rings (SSSR count). The van der Waals surface area contributed by atoms with E-state index in [1.165, 1.54) is 0 Å². The summed E-state index contributed by atoms with van der Waals surface area (Å²) in [6, 6.07) is 7.56. The molecule has 1 saturated heterocycles. The molecule has 5 heteroatoms. The van der Waals surface area contributed by atoms with Crippen molar-refractivity contribution in [3.8, 4) is 0 Å². The molecule has 4 nitrogen and oxygen atoms in total. The van der Waals surface area contributed by atoms with Gasteiger partial charge in [-0.3, -0.25) is 9.69 Å². The van der Waals surface area contributed by atoms with E-state index in [9.17, 15) is 9.90 Å². The summed E-state index contributed by atoms with van der Waals surface area (Å²) in [6.45, 7) is 2.63. The van der Waals surface area contributed by atoms with Gasteiger partial charge in [0.15, 0.2) is 0 Å². The van der Waals surface area contributed by atoms with Crippen molar-refractivity contribution in [2.24, 2.45) is 0 Å². The summed E-state index contributed by atoms with van der Waals surface area (Å²) in [7, 11) is 0. The first-order chi connectivity index (χ1) is 8.66. The lowest BCUT2D eigenvalue weighted by Gasteiger charge is -2.31. The van der Waals surface area contributed by atoms with Crippen molar-refractivity contribution in [3.63, 3.8) is 0 Å². The van der Waals surface area contributed by atoms with Crippen LogP contribution in [-0.4, -0.2) is 48.3 Å². The van der Waals surface area contributed by atoms with Gasteiger partial charge in [-0.15, -0.1) is 0 Å². The summed E-state index contributed by atoms with van der Waals surface area (Å²) in [5.41, 5.74) is 1.06. The number of carboxylic acid groups (broad SMARTS) is 1. The molecule has 0 aromatic heterocycles. The third-order valence-electron chi connectivity index (χ3n) is 3.11. The number of carboxylic acids is 1. The molecular weight excluding hydrogens is 345 g/mol. The normalized spacial score (nSPS) is 18.5. The summed E-state index contributed by atoms with van der Waals surface area (Å²) in [5, 5.41) is 9.36. The van der Waals surface area contributed by atoms with E-state index in [-0.39, 0.29) is 0 Å². The fraction of sp³-hybridized carbons (Fsp3) is 0.462. The van der Waals surface area contributed by atoms with Crippen LogP contribution in [0.4, 0.5) is 0 Å². The summed E-state index contributed by atoms with van der Waals surface area (Å²) in [5.74, 6) is -0.754. The number of hydrogen-bond acceptors (Lipinski definition) is 3. The first-order valence-electron chi connectivity index (χ1n) is 5.96. The van der Waals surface area contributed by atoms with Gasteiger partial charge >= 0.3 is 5.97 Å². The predicted molar refractivity (Wildman–Crippen MR) is 76.7 cm³/mol. The van der Waals surface area contributed by atoms with Gasteiger partial charge in [0.05, 0.1) is 13.2 Å². The number of halogens is 1. The Morgan fingerprint density at radius 2 is 1.94 bits per heavy atom. The molecule has 0 bridgehead atoms. The number of nitrogens with zero attached hydrogens (tertiary/aromatic N) is 1. The minimum atomic E-state index is -0.754. The van der Waals surface area contributed by atoms with E-state index < -0.39 is 12.0 Å². The average Bonchev–Trinajstić information content (AvgIpc) is 2.38. The quantitative estimate of drug-likeness (QED) is 0.829. The number of carbonyl (C=O) groups is 1. The number of rotatable bonds is 4. The van der Waals surface area contributed by atoms with Crippen LogP contribution in [0.15, 0.2) is 24.3 Å². The molecule has 0 unspecified atom stereocenters. The van der Waals surface area contributed by atoms with E-state index in [1.807, 2.05) is 29.2 Å². The molecule has 0 spiro atoms. The van der Waals surface area contributed by atoms with Crippen molar-refractivity contribution in [1.29, 1.82) is 0 Å². The van der Waals surface area contributed by atoms with Crippen LogP contribution in [0.5, 0.6) is 0 Å². The zero-order valence-corrected chi connectivity index (χ0v) is 12.2. The highest BCUT2D eigenvalue weighted by Gasteiger charge is 2.27. The minimum absolute atomic E-state index is 0.450. The van der Waals surface area contributed by atoms with Gasteiger partial charge in [0.2, 0.25) is 0 Å². The molecule has 98 valence electrons. The maximum absolute atomic E-state index is 11.4. The number of benzene rings is 1. The van der Waals surface area contributed by atoms with E-state index >= 15 is 0 Å². The molecule has 1 fully saturated rings. The van der Waals surface area contributed by atoms with Crippen LogP contribution in [0, 0.1) is 3.57 Å². The molecule has 18 heavy (non-hydrogen) atoms. The second-order valence-corrected chi connectivity index (χ2v) is 5.58. The monoisotopic (exact) mass is 361 g/mol. The molecule has 1 aliphatic rings. The summed E-state index contributed by atoms with van der Waals surface area (Å²) >= 11 is 2.24. The van der Waals surface area contributed by atoms with Gasteiger partial charge in [-0.1, -0.05) is 12.1 Å². The lowest BCUT2D eigenvalue weighted by atomic mass is 10.0. The molecule has 1 atom stereocenters. The van der Waals surface area contributed by atoms with Crippen molar-refractivity contribution in [3.05, 3.63) is 33.4 Å². The fourth-order valence-corrected chi connectivity index (χ4v) is 2.47. The Kier molecular flexibility index (Phi) is 4.96. The zero-order chi connectivity index (χ0) is 13.0. The van der Waals surface area contributed by atoms with Crippen molar-refractivity contribution >= 4 is 28.6 Å². The maximum Gasteiger partial charge on any atom is 0.321 e. The highest BCUT2D eigenvalue weighted by atomic mass is 127. The summed E-state index contributed by atoms with van der Waals surface area (Å²) in [4.78, 5) is 13.4. The Morgan fingerprint density at radius 1 is 1.33 bits per heavy atom. The van der Waals surface area contributed by atoms with Crippen LogP contribution in [0.1, 0.15) is 5.56 Å². The molecule has 0 amide bonds. The Hall–Kier alpha value is -0.660. The van der Waals surface area contributed by atoms with Crippen molar-refractivity contribution in [2.75, 3.05) is 26.3 Å². The van der Waals surface area contributed by atoms with Gasteiger partial charge in [0.1, 0.15) is 6.04 Å². The van der Waals surface area contributed by atoms with Crippen LogP contribution < -0.4 is 0 Å². The third-order valence-corrected chi connectivity index (χ3v) is 3.83. The first-order valence-corrected chi connectivity index (χ1v) is 7.04. The third kappa shape index (κ3) is 3.66. The van der Waals surface area contributed by atoms with E-state index in [0.29, 0.717) is 32.7 Å². The van der Waals surface area contributed by atoms with Crippen LogP contribution in [-0.2, 0) is 16.0 Å². The molecule has 1 N–H and O–H groups in total. The highest BCUT2D eigenvalue weighted by Crippen LogP contribution is 2.13. The van der Waals surface area contributed by atoms with E-state index in [2.05, 4.69) is 22.6 Å². The maximum atomic E-state index is 11.4. The van der Waals surface area contributed by atoms with Gasteiger partial charge < -0.3 is 9.84 Å². The summed E-state index contributed by atoms with van der Waals surface area (Å²) in [6.07, 6.45) is 0.548. The van der Waals surface area contributed by atoms with Crippen LogP contribution in [0.2, 0.25) is 0 Å². The Labute approximate surface area is 120 Å². The first kappa shape index (κ1) is 13.8. The molecule has 1 aromatic rings. The van der Waals surface area contributed by atoms with Crippen LogP contribution >= 0.6 is 22.6 Å². The topological polar surface area (TPSA) is 49.8 Å². The highest BCUT2D eigenvalue weighted by molar-refractivity contribution is 14.1. The van der Waals surface area contributed by atoms with E-state index in [1.54, 1.807) is 0 Å². The largest absolute Gasteiger partial charge is 0.480 e. The SMILES string of the molecule is O=C(O)[C@H](Cc1ccc(I)cc1)N1CCOCC1. The van der Waals surface area contributed by atoms with Crippen molar-refractivity contribution < 1.29 is 14.6 Å². The standard InChI is InChI=1S/C13H16INO3/c14-11-3-1-10(2-4-11)9-12(13(16)17)15-5-7-18-8-6-15/h1-4,12H,5-9H2,(H,16,17)/t12-/m0/s1. The number of morpholine rings is 1. The number of ether oxygens (including phenoxy) is 1. The van der Waals surface area contributed by atoms with Gasteiger partial charge in [-0.25, -0.2) is 0 Å². The van der Waals surface area contributed by atoms with E-state index in [4.69, 9.17) is 4.74 Å². The molecule has 1 heterocycles. The second-order valence-electron chi connectivity index (χ2n) is 4.33. The summed E-state index contributed by atoms with van der Waals surface area (Å²) < 4.78 is 6.42. The molecule has 1 aliphatic heterocycles. The molecule has 1 aromatic carbocycles. The molecule has 0 saturated carbocycles. The zero-order valence-electron chi connectivity index (χ0n) is 10.0. The van der Waals surface area contributed by atoms with Gasteiger partial charge in [0, 0.05) is 16.7 Å². The lowest BCUT2D eigenvalue weighted by molar-refractivity contribution is -0.145. The second kappa shape index (κ2) is 6.49. The van der Waals surface area contributed by atoms with Gasteiger partial charge in [-0.05, 0) is 46.7 Å². The Balaban J connectivity index is 2.05. The Morgan fingerprint density at radius 3 is 2.50 bits per heavy atom. The van der Waals surface area contributed by atoms with Gasteiger partial charge in [0.25, 0.3) is 0 Å². The lowest BCUT2D eigenvalue weighted by Crippen LogP contribution is -2.48. The molecule has 0 aliphatic carbocycles. The van der Waals surface area contributed by atoms with Crippen molar-refractivity contribution in [1.82, 2.24) is 4.90 Å². The van der Waals surface area contributed by atoms with Gasteiger partial charge in [-0.2, -0.15) is 0 Å². The predicted octanol–water partition coefficient (Wildman–Crippen LogP) is 1.62. The molecular formula is C13H16INO3. The van der Waals surface area contributed by atoms with Crippen LogP contribution in [0.25, 0.3) is 0 Å². The van der Waals surface area contributed by atoms with E-state index in [0.717, 1.165) is 9.13 Å². The molecule has 0 radical (unpaired) electrons. The fourth-order valence-electron chi connectivity index (χ4n) is 2.11. The Bertz CT molecular complexity index is 401. The smallest absolute Gasteiger partial charge is 0.321 e. The average molecular weight is 361 g/mol. The van der Waals surface area contributed by atoms with Crippen molar-refractivity contribution in [2.45, 2.75) is 12.5 Å². The minimum Gasteiger partial charge on any atom is -0.480 e. The number of aliphatic carboxylic acids is 1.